The minimum Gasteiger partial charge on any atom is -0.374 e. The first-order valence-electron chi connectivity index (χ1n) is 6.96. The molecule has 0 radical (unpaired) electrons. The van der Waals surface area contributed by atoms with Crippen molar-refractivity contribution in [2.45, 2.75) is 32.5 Å². The van der Waals surface area contributed by atoms with Crippen molar-refractivity contribution in [2.24, 2.45) is 5.92 Å². The molecule has 0 aromatic carbocycles. The van der Waals surface area contributed by atoms with Crippen LogP contribution in [0, 0.1) is 5.92 Å². The summed E-state index contributed by atoms with van der Waals surface area (Å²) in [7, 11) is 0. The maximum absolute atomic E-state index is 6.01. The van der Waals surface area contributed by atoms with Crippen LogP contribution in [0.4, 0.5) is 0 Å². The van der Waals surface area contributed by atoms with Crippen molar-refractivity contribution >= 4 is 0 Å². The fraction of sp³-hybridized carbons (Fsp3) is 1.00. The van der Waals surface area contributed by atoms with Gasteiger partial charge in [-0.2, -0.15) is 0 Å². The van der Waals surface area contributed by atoms with Crippen LogP contribution in [-0.2, 0) is 9.47 Å². The van der Waals surface area contributed by atoms with E-state index in [2.05, 4.69) is 24.1 Å². The van der Waals surface area contributed by atoms with Crippen LogP contribution < -0.4 is 5.32 Å². The van der Waals surface area contributed by atoms with Gasteiger partial charge in [0.1, 0.15) is 0 Å². The van der Waals surface area contributed by atoms with Crippen molar-refractivity contribution in [1.82, 2.24) is 10.2 Å². The smallest absolute Gasteiger partial charge is 0.0935 e. The second-order valence-corrected chi connectivity index (χ2v) is 5.23. The zero-order valence-electron chi connectivity index (χ0n) is 11.2. The SMILES string of the molecule is CCN1CCOC(COC2CNCCC2C)C1. The zero-order chi connectivity index (χ0) is 12.1. The molecular weight excluding hydrogens is 216 g/mol. The Morgan fingerprint density at radius 1 is 1.47 bits per heavy atom. The Bertz CT molecular complexity index is 225. The van der Waals surface area contributed by atoms with Crippen molar-refractivity contribution in [3.63, 3.8) is 0 Å². The van der Waals surface area contributed by atoms with E-state index in [-0.39, 0.29) is 6.10 Å². The predicted molar refractivity (Wildman–Crippen MR) is 68.2 cm³/mol. The second-order valence-electron chi connectivity index (χ2n) is 5.23. The van der Waals surface area contributed by atoms with E-state index in [9.17, 15) is 0 Å². The quantitative estimate of drug-likeness (QED) is 0.788. The maximum Gasteiger partial charge on any atom is 0.0935 e. The van der Waals surface area contributed by atoms with E-state index in [1.807, 2.05) is 0 Å². The Hall–Kier alpha value is -0.160. The van der Waals surface area contributed by atoms with Gasteiger partial charge in [-0.3, -0.25) is 4.90 Å². The third-order valence-corrected chi connectivity index (χ3v) is 3.92. The van der Waals surface area contributed by atoms with Crippen LogP contribution in [0.25, 0.3) is 0 Å². The highest BCUT2D eigenvalue weighted by Gasteiger charge is 2.25. The van der Waals surface area contributed by atoms with Gasteiger partial charge < -0.3 is 14.8 Å². The topological polar surface area (TPSA) is 33.7 Å². The molecule has 2 heterocycles. The number of nitrogens with one attached hydrogen (secondary N) is 1. The van der Waals surface area contributed by atoms with Gasteiger partial charge >= 0.3 is 0 Å². The van der Waals surface area contributed by atoms with Crippen LogP contribution in [0.5, 0.6) is 0 Å². The molecule has 0 aromatic heterocycles. The normalized spacial score (nSPS) is 36.0. The molecule has 1 N–H and O–H groups in total. The molecule has 17 heavy (non-hydrogen) atoms. The summed E-state index contributed by atoms with van der Waals surface area (Å²) in [6.45, 7) is 11.4. The average molecular weight is 242 g/mol. The first-order valence-corrected chi connectivity index (χ1v) is 6.96. The summed E-state index contributed by atoms with van der Waals surface area (Å²) in [5.74, 6) is 0.669. The molecule has 2 aliphatic heterocycles. The fourth-order valence-electron chi connectivity index (χ4n) is 2.58. The van der Waals surface area contributed by atoms with E-state index >= 15 is 0 Å². The highest BCUT2D eigenvalue weighted by Crippen LogP contribution is 2.16. The van der Waals surface area contributed by atoms with E-state index in [1.165, 1.54) is 6.42 Å². The Morgan fingerprint density at radius 2 is 2.35 bits per heavy atom. The summed E-state index contributed by atoms with van der Waals surface area (Å²) < 4.78 is 11.8. The lowest BCUT2D eigenvalue weighted by atomic mass is 9.97. The van der Waals surface area contributed by atoms with Gasteiger partial charge in [0.15, 0.2) is 0 Å². The number of likely N-dealkylation sites (N-methyl/N-ethyl adjacent to an activating group) is 1. The lowest BCUT2D eigenvalue weighted by molar-refractivity contribution is -0.0954. The fourth-order valence-corrected chi connectivity index (χ4v) is 2.58. The van der Waals surface area contributed by atoms with Gasteiger partial charge in [-0.25, -0.2) is 0 Å². The maximum atomic E-state index is 6.01. The molecule has 4 heteroatoms. The van der Waals surface area contributed by atoms with Crippen molar-refractivity contribution in [3.8, 4) is 0 Å². The van der Waals surface area contributed by atoms with E-state index in [4.69, 9.17) is 9.47 Å². The summed E-state index contributed by atoms with van der Waals surface area (Å²) in [6.07, 6.45) is 1.85. The molecule has 2 fully saturated rings. The monoisotopic (exact) mass is 242 g/mol. The Kier molecular flexibility index (Phi) is 5.22. The molecule has 100 valence electrons. The average Bonchev–Trinajstić information content (AvgIpc) is 2.38. The molecule has 2 aliphatic rings. The molecule has 0 bridgehead atoms. The summed E-state index contributed by atoms with van der Waals surface area (Å²) >= 11 is 0. The van der Waals surface area contributed by atoms with Crippen LogP contribution in [0.15, 0.2) is 0 Å². The van der Waals surface area contributed by atoms with Crippen molar-refractivity contribution in [1.29, 1.82) is 0 Å². The van der Waals surface area contributed by atoms with Crippen LogP contribution in [0.1, 0.15) is 20.3 Å². The van der Waals surface area contributed by atoms with Crippen molar-refractivity contribution in [2.75, 3.05) is 45.9 Å². The van der Waals surface area contributed by atoms with Gasteiger partial charge in [0, 0.05) is 19.6 Å². The van der Waals surface area contributed by atoms with Crippen LogP contribution in [0.3, 0.4) is 0 Å². The molecule has 3 atom stereocenters. The highest BCUT2D eigenvalue weighted by atomic mass is 16.5. The Labute approximate surface area is 105 Å². The lowest BCUT2D eigenvalue weighted by Crippen LogP contribution is -2.47. The molecule has 0 spiro atoms. The number of nitrogens with zero attached hydrogens (tertiary/aromatic N) is 1. The van der Waals surface area contributed by atoms with Gasteiger partial charge in [-0.15, -0.1) is 0 Å². The number of ether oxygens (including phenoxy) is 2. The molecule has 0 amide bonds. The largest absolute Gasteiger partial charge is 0.374 e. The molecule has 0 saturated carbocycles. The van der Waals surface area contributed by atoms with Gasteiger partial charge in [0.05, 0.1) is 25.4 Å². The summed E-state index contributed by atoms with van der Waals surface area (Å²) in [6, 6.07) is 0. The summed E-state index contributed by atoms with van der Waals surface area (Å²) in [4.78, 5) is 2.43. The number of rotatable bonds is 4. The molecular formula is C13H26N2O2. The molecule has 4 nitrogen and oxygen atoms in total. The summed E-state index contributed by atoms with van der Waals surface area (Å²) in [5, 5.41) is 3.40. The predicted octanol–water partition coefficient (Wildman–Crippen LogP) is 0.722. The Balaban J connectivity index is 1.69. The minimum atomic E-state index is 0.262. The minimum absolute atomic E-state index is 0.262. The van der Waals surface area contributed by atoms with E-state index in [0.29, 0.717) is 12.0 Å². The Morgan fingerprint density at radius 3 is 3.12 bits per heavy atom. The van der Waals surface area contributed by atoms with Crippen molar-refractivity contribution < 1.29 is 9.47 Å². The number of morpholine rings is 1. The van der Waals surface area contributed by atoms with E-state index in [0.717, 1.165) is 45.9 Å². The first kappa shape index (κ1) is 13.3. The van der Waals surface area contributed by atoms with Crippen LogP contribution >= 0.6 is 0 Å². The van der Waals surface area contributed by atoms with Crippen molar-refractivity contribution in [3.05, 3.63) is 0 Å². The van der Waals surface area contributed by atoms with Crippen LogP contribution in [-0.4, -0.2) is 63.0 Å². The number of hydrogen-bond donors (Lipinski definition) is 1. The lowest BCUT2D eigenvalue weighted by Gasteiger charge is -2.35. The third-order valence-electron chi connectivity index (χ3n) is 3.92. The molecule has 2 rings (SSSR count). The molecule has 2 saturated heterocycles. The molecule has 0 aromatic rings. The summed E-state index contributed by atoms with van der Waals surface area (Å²) in [5.41, 5.74) is 0. The molecule has 3 unspecified atom stereocenters. The standard InChI is InChI=1S/C13H26N2O2/c1-3-15-6-7-16-12(9-15)10-17-13-8-14-5-4-11(13)2/h11-14H,3-10H2,1-2H3. The van der Waals surface area contributed by atoms with E-state index < -0.39 is 0 Å². The third kappa shape index (κ3) is 3.91. The number of piperidine rings is 1. The van der Waals surface area contributed by atoms with E-state index in [1.54, 1.807) is 0 Å². The zero-order valence-corrected chi connectivity index (χ0v) is 11.2. The van der Waals surface area contributed by atoms with Gasteiger partial charge in [-0.1, -0.05) is 13.8 Å². The van der Waals surface area contributed by atoms with Gasteiger partial charge in [0.2, 0.25) is 0 Å². The molecule has 0 aliphatic carbocycles. The second kappa shape index (κ2) is 6.69. The highest BCUT2D eigenvalue weighted by molar-refractivity contribution is 4.77. The van der Waals surface area contributed by atoms with Gasteiger partial charge in [-0.05, 0) is 25.4 Å². The number of hydrogen-bond acceptors (Lipinski definition) is 4. The first-order chi connectivity index (χ1) is 8.29. The van der Waals surface area contributed by atoms with Gasteiger partial charge in [0.25, 0.3) is 0 Å². The van der Waals surface area contributed by atoms with Crippen LogP contribution in [0.2, 0.25) is 0 Å².